The van der Waals surface area contributed by atoms with Gasteiger partial charge < -0.3 is 10.1 Å². The summed E-state index contributed by atoms with van der Waals surface area (Å²) in [5.74, 6) is -0.217. The molecule has 0 aliphatic carbocycles. The highest BCUT2D eigenvalue weighted by molar-refractivity contribution is 7.92. The number of hydrogen-bond acceptors (Lipinski definition) is 6. The van der Waals surface area contributed by atoms with Crippen molar-refractivity contribution in [3.8, 4) is 0 Å². The largest absolute Gasteiger partial charge is 0.444 e. The maximum Gasteiger partial charge on any atom is 0.408 e. The molecule has 1 aromatic carbocycles. The molecular formula is C22H35N3O6S2. The monoisotopic (exact) mass is 501 g/mol. The second-order valence-corrected chi connectivity index (χ2v) is 12.1. The molecule has 0 aliphatic rings. The van der Waals surface area contributed by atoms with Gasteiger partial charge in [0.2, 0.25) is 20.0 Å². The molecule has 0 saturated heterocycles. The molecule has 9 nitrogen and oxygen atoms in total. The normalized spacial score (nSPS) is 15.1. The highest BCUT2D eigenvalue weighted by atomic mass is 32.2. The quantitative estimate of drug-likeness (QED) is 0.427. The van der Waals surface area contributed by atoms with Crippen molar-refractivity contribution in [3.05, 3.63) is 58.9 Å². The summed E-state index contributed by atoms with van der Waals surface area (Å²) < 4.78 is 59.5. The summed E-state index contributed by atoms with van der Waals surface area (Å²) in [7, 11) is -7.67. The molecule has 33 heavy (non-hydrogen) atoms. The van der Waals surface area contributed by atoms with Gasteiger partial charge in [0.25, 0.3) is 0 Å². The number of hydrogen-bond donors (Lipinski definition) is 3. The lowest BCUT2D eigenvalue weighted by Crippen LogP contribution is -2.38. The molecule has 3 N–H and O–H groups in total. The second-order valence-electron chi connectivity index (χ2n) is 8.88. The van der Waals surface area contributed by atoms with E-state index in [0.717, 1.165) is 16.4 Å². The third-order valence-corrected chi connectivity index (χ3v) is 6.27. The van der Waals surface area contributed by atoms with Gasteiger partial charge in [0.15, 0.2) is 0 Å². The molecule has 0 radical (unpaired) electrons. The number of carbonyl (C=O) groups excluding carboxylic acids is 1. The topological polar surface area (TPSA) is 131 Å². The van der Waals surface area contributed by atoms with E-state index in [1.807, 2.05) is 6.07 Å². The lowest BCUT2D eigenvalue weighted by atomic mass is 10.1. The van der Waals surface area contributed by atoms with Crippen LogP contribution in [-0.4, -0.2) is 40.6 Å². The Labute approximate surface area is 197 Å². The fraction of sp³-hybridized carbons (Fsp3) is 0.500. The van der Waals surface area contributed by atoms with E-state index in [-0.39, 0.29) is 12.5 Å². The van der Waals surface area contributed by atoms with Crippen LogP contribution in [0.25, 0.3) is 0 Å². The predicted octanol–water partition coefficient (Wildman–Crippen LogP) is 2.99. The number of rotatable bonds is 11. The minimum absolute atomic E-state index is 0.122. The summed E-state index contributed by atoms with van der Waals surface area (Å²) in [6.45, 7) is 10.4. The summed E-state index contributed by atoms with van der Waals surface area (Å²) in [6, 6.07) is 7.67. The number of amides is 1. The molecule has 0 unspecified atom stereocenters. The lowest BCUT2D eigenvalue weighted by Gasteiger charge is -2.21. The molecule has 11 heteroatoms. The highest BCUT2D eigenvalue weighted by Gasteiger charge is 2.19. The average Bonchev–Trinajstić information content (AvgIpc) is 2.67. The van der Waals surface area contributed by atoms with Crippen LogP contribution in [0.5, 0.6) is 0 Å². The van der Waals surface area contributed by atoms with Crippen LogP contribution in [0, 0.1) is 5.92 Å². The molecule has 2 atom stereocenters. The molecule has 0 aromatic heterocycles. The van der Waals surface area contributed by atoms with E-state index >= 15 is 0 Å². The Kier molecular flexibility index (Phi) is 10.8. The molecule has 0 bridgehead atoms. The smallest absolute Gasteiger partial charge is 0.408 e. The van der Waals surface area contributed by atoms with Gasteiger partial charge >= 0.3 is 6.09 Å². The Hall–Kier alpha value is -2.21. The van der Waals surface area contributed by atoms with Gasteiger partial charge in [0.05, 0.1) is 0 Å². The van der Waals surface area contributed by atoms with Gasteiger partial charge in [-0.3, -0.25) is 0 Å². The van der Waals surface area contributed by atoms with Gasteiger partial charge in [-0.15, -0.1) is 0 Å². The van der Waals surface area contributed by atoms with E-state index in [2.05, 4.69) is 14.8 Å². The van der Waals surface area contributed by atoms with Gasteiger partial charge in [-0.2, -0.15) is 0 Å². The lowest BCUT2D eigenvalue weighted by molar-refractivity contribution is 0.0518. The van der Waals surface area contributed by atoms with Gasteiger partial charge in [0, 0.05) is 29.4 Å². The summed E-state index contributed by atoms with van der Waals surface area (Å²) in [5, 5.41) is 4.40. The molecule has 0 heterocycles. The fourth-order valence-electron chi connectivity index (χ4n) is 2.41. The van der Waals surface area contributed by atoms with Crippen molar-refractivity contribution < 1.29 is 26.4 Å². The van der Waals surface area contributed by atoms with Crippen molar-refractivity contribution in [2.75, 3.05) is 0 Å². The Morgan fingerprint density at radius 2 is 1.55 bits per heavy atom. The first-order valence-corrected chi connectivity index (χ1v) is 13.6. The third kappa shape index (κ3) is 13.2. The number of nitrogens with one attached hydrogen (secondary N) is 3. The van der Waals surface area contributed by atoms with Gasteiger partial charge in [-0.25, -0.2) is 31.1 Å². The third-order valence-electron chi connectivity index (χ3n) is 4.09. The minimum atomic E-state index is -3.90. The molecule has 1 aromatic rings. The molecule has 1 amide bonds. The van der Waals surface area contributed by atoms with Crippen LogP contribution in [0.15, 0.2) is 53.3 Å². The Bertz CT molecular complexity index is 1030. The Balaban J connectivity index is 2.75. The van der Waals surface area contributed by atoms with Crippen LogP contribution in [-0.2, 0) is 31.3 Å². The molecule has 0 spiro atoms. The van der Waals surface area contributed by atoms with E-state index in [0.29, 0.717) is 0 Å². The van der Waals surface area contributed by atoms with Gasteiger partial charge in [0.1, 0.15) is 5.60 Å². The Morgan fingerprint density at radius 3 is 2.09 bits per heavy atom. The van der Waals surface area contributed by atoms with Crippen LogP contribution < -0.4 is 14.8 Å². The first kappa shape index (κ1) is 28.8. The number of ether oxygens (including phenoxy) is 1. The standard InChI is InChI=1S/C22H35N3O6S2/c1-17(2)20(13-15-32(27,28)23-16-19-10-8-7-9-11-19)25-33(29,30)14-12-18(3)24-21(26)31-22(4,5)6/h7-15,17-18,20,23,25H,16H2,1-6H3,(H,24,26)/b14-12+,15-13+/t18-,20+/m0/s1. The zero-order valence-corrected chi connectivity index (χ0v) is 21.5. The van der Waals surface area contributed by atoms with Crippen molar-refractivity contribution in [1.29, 1.82) is 0 Å². The highest BCUT2D eigenvalue weighted by Crippen LogP contribution is 2.09. The average molecular weight is 502 g/mol. The first-order chi connectivity index (χ1) is 15.1. The van der Waals surface area contributed by atoms with Gasteiger partial charge in [-0.1, -0.05) is 50.3 Å². The maximum absolute atomic E-state index is 12.5. The van der Waals surface area contributed by atoms with E-state index in [9.17, 15) is 21.6 Å². The minimum Gasteiger partial charge on any atom is -0.444 e. The zero-order chi connectivity index (χ0) is 25.3. The summed E-state index contributed by atoms with van der Waals surface area (Å²) in [5.41, 5.74) is 0.128. The van der Waals surface area contributed by atoms with Crippen LogP contribution in [0.4, 0.5) is 4.79 Å². The van der Waals surface area contributed by atoms with E-state index in [1.165, 1.54) is 12.2 Å². The first-order valence-electron chi connectivity index (χ1n) is 10.5. The molecule has 0 aliphatic heterocycles. The second kappa shape index (κ2) is 12.3. The maximum atomic E-state index is 12.5. The molecule has 0 saturated carbocycles. The predicted molar refractivity (Wildman–Crippen MR) is 130 cm³/mol. The van der Waals surface area contributed by atoms with Gasteiger partial charge in [-0.05, 0) is 45.3 Å². The van der Waals surface area contributed by atoms with Crippen molar-refractivity contribution >= 4 is 26.1 Å². The number of sulfonamides is 2. The van der Waals surface area contributed by atoms with Crippen LogP contribution in [0.1, 0.15) is 47.1 Å². The number of alkyl carbamates (subject to hydrolysis) is 1. The molecule has 0 fully saturated rings. The van der Waals surface area contributed by atoms with Crippen LogP contribution in [0.2, 0.25) is 0 Å². The van der Waals surface area contributed by atoms with Crippen LogP contribution >= 0.6 is 0 Å². The summed E-state index contributed by atoms with van der Waals surface area (Å²) in [6.07, 6.45) is 1.93. The van der Waals surface area contributed by atoms with Crippen LogP contribution in [0.3, 0.4) is 0 Å². The van der Waals surface area contributed by atoms with Crippen molar-refractivity contribution in [3.63, 3.8) is 0 Å². The van der Waals surface area contributed by atoms with Crippen molar-refractivity contribution in [2.45, 2.75) is 65.8 Å². The van der Waals surface area contributed by atoms with E-state index in [4.69, 9.17) is 4.74 Å². The summed E-state index contributed by atoms with van der Waals surface area (Å²) >= 11 is 0. The molecular weight excluding hydrogens is 466 g/mol. The summed E-state index contributed by atoms with van der Waals surface area (Å²) in [4.78, 5) is 11.8. The Morgan fingerprint density at radius 1 is 0.970 bits per heavy atom. The molecule has 186 valence electrons. The van der Waals surface area contributed by atoms with E-state index < -0.39 is 43.8 Å². The van der Waals surface area contributed by atoms with Crippen molar-refractivity contribution in [2.24, 2.45) is 5.92 Å². The SMILES string of the molecule is CC(C)[C@@H](/C=C/S(=O)(=O)NCc1ccccc1)NS(=O)(=O)/C=C/[C@H](C)NC(=O)OC(C)(C)C. The van der Waals surface area contributed by atoms with Crippen molar-refractivity contribution in [1.82, 2.24) is 14.8 Å². The number of benzene rings is 1. The zero-order valence-electron chi connectivity index (χ0n) is 19.9. The fourth-order valence-corrected chi connectivity index (χ4v) is 4.50. The number of carbonyl (C=O) groups is 1. The van der Waals surface area contributed by atoms with E-state index in [1.54, 1.807) is 65.8 Å². The molecule has 1 rings (SSSR count).